The van der Waals surface area contributed by atoms with Crippen LogP contribution in [0.3, 0.4) is 0 Å². The van der Waals surface area contributed by atoms with Crippen LogP contribution >= 0.6 is 11.6 Å². The van der Waals surface area contributed by atoms with Crippen LogP contribution in [-0.4, -0.2) is 29.9 Å². The molecule has 2 amide bonds. The van der Waals surface area contributed by atoms with Crippen molar-refractivity contribution >= 4 is 29.1 Å². The lowest BCUT2D eigenvalue weighted by atomic mass is 10.1. The molecule has 3 rings (SSSR count). The topological polar surface area (TPSA) is 58.6 Å². The van der Waals surface area contributed by atoms with E-state index < -0.39 is 6.04 Å². The molecule has 2 aromatic carbocycles. The van der Waals surface area contributed by atoms with Crippen molar-refractivity contribution in [3.8, 4) is 5.75 Å². The molecule has 0 bridgehead atoms. The molecule has 1 atom stereocenters. The number of carbonyl (C=O) groups excluding carboxylic acids is 2. The third-order valence-electron chi connectivity index (χ3n) is 4.51. The van der Waals surface area contributed by atoms with E-state index in [1.807, 2.05) is 25.1 Å². The number of hydrogen-bond acceptors (Lipinski definition) is 3. The van der Waals surface area contributed by atoms with E-state index in [9.17, 15) is 9.59 Å². The van der Waals surface area contributed by atoms with Gasteiger partial charge in [0, 0.05) is 17.1 Å². The van der Waals surface area contributed by atoms with E-state index in [1.165, 1.54) is 7.11 Å². The highest BCUT2D eigenvalue weighted by molar-refractivity contribution is 6.31. The lowest BCUT2D eigenvalue weighted by molar-refractivity contribution is -0.120. The Kier molecular flexibility index (Phi) is 5.47. The van der Waals surface area contributed by atoms with E-state index in [4.69, 9.17) is 16.3 Å². The van der Waals surface area contributed by atoms with Crippen molar-refractivity contribution in [2.24, 2.45) is 0 Å². The van der Waals surface area contributed by atoms with Crippen LogP contribution in [0.5, 0.6) is 5.75 Å². The first kappa shape index (κ1) is 18.3. The second kappa shape index (κ2) is 7.79. The zero-order valence-electron chi connectivity index (χ0n) is 14.8. The Hall–Kier alpha value is -2.53. The van der Waals surface area contributed by atoms with Crippen LogP contribution in [0.25, 0.3) is 0 Å². The predicted octanol–water partition coefficient (Wildman–Crippen LogP) is 4.11. The maximum atomic E-state index is 13.0. The van der Waals surface area contributed by atoms with Crippen molar-refractivity contribution < 1.29 is 14.3 Å². The van der Waals surface area contributed by atoms with Crippen molar-refractivity contribution in [2.45, 2.75) is 32.4 Å². The van der Waals surface area contributed by atoms with Gasteiger partial charge in [-0.3, -0.25) is 9.59 Å². The lowest BCUT2D eigenvalue weighted by Gasteiger charge is -2.27. The molecular weight excluding hydrogens is 352 g/mol. The van der Waals surface area contributed by atoms with Crippen molar-refractivity contribution in [1.29, 1.82) is 0 Å². The van der Waals surface area contributed by atoms with Gasteiger partial charge in [-0.2, -0.15) is 0 Å². The normalized spacial score (nSPS) is 14.1. The van der Waals surface area contributed by atoms with Crippen LogP contribution < -0.4 is 10.1 Å². The molecule has 1 N–H and O–H groups in total. The van der Waals surface area contributed by atoms with Crippen LogP contribution in [0.4, 0.5) is 5.69 Å². The first-order valence-electron chi connectivity index (χ1n) is 8.58. The Labute approximate surface area is 157 Å². The minimum Gasteiger partial charge on any atom is -0.495 e. The highest BCUT2D eigenvalue weighted by Crippen LogP contribution is 2.30. The van der Waals surface area contributed by atoms with E-state index >= 15 is 0 Å². The fraction of sp³-hybridized carbons (Fsp3) is 0.300. The molecular formula is C20H21ClN2O3. The van der Waals surface area contributed by atoms with Gasteiger partial charge in [0.1, 0.15) is 11.8 Å². The summed E-state index contributed by atoms with van der Waals surface area (Å²) in [5.41, 5.74) is 2.11. The fourth-order valence-electron chi connectivity index (χ4n) is 3.22. The Morgan fingerprint density at radius 2 is 2.08 bits per heavy atom. The monoisotopic (exact) mass is 372 g/mol. The summed E-state index contributed by atoms with van der Waals surface area (Å²) in [7, 11) is 1.53. The van der Waals surface area contributed by atoms with Gasteiger partial charge in [0.2, 0.25) is 5.91 Å². The van der Waals surface area contributed by atoms with Crippen molar-refractivity contribution in [3.05, 3.63) is 58.6 Å². The maximum absolute atomic E-state index is 13.0. The van der Waals surface area contributed by atoms with E-state index in [0.717, 1.165) is 12.0 Å². The Bertz CT molecular complexity index is 838. The molecule has 0 saturated heterocycles. The molecule has 0 spiro atoms. The molecule has 0 radical (unpaired) electrons. The molecule has 1 aliphatic rings. The van der Waals surface area contributed by atoms with Gasteiger partial charge in [0.15, 0.2) is 0 Å². The Balaban J connectivity index is 1.84. The number of methoxy groups -OCH3 is 1. The highest BCUT2D eigenvalue weighted by Gasteiger charge is 2.35. The molecule has 0 unspecified atom stereocenters. The third-order valence-corrected chi connectivity index (χ3v) is 4.74. The zero-order valence-corrected chi connectivity index (χ0v) is 15.5. The first-order chi connectivity index (χ1) is 12.5. The quantitative estimate of drug-likeness (QED) is 0.830. The van der Waals surface area contributed by atoms with Crippen LogP contribution in [0.2, 0.25) is 5.02 Å². The third kappa shape index (κ3) is 3.53. The van der Waals surface area contributed by atoms with E-state index in [0.29, 0.717) is 35.0 Å². The summed E-state index contributed by atoms with van der Waals surface area (Å²) in [6.45, 7) is 2.44. The fourth-order valence-corrected chi connectivity index (χ4v) is 3.40. The highest BCUT2D eigenvalue weighted by atomic mass is 35.5. The van der Waals surface area contributed by atoms with Gasteiger partial charge >= 0.3 is 0 Å². The number of ether oxygens (including phenoxy) is 1. The average Bonchev–Trinajstić information content (AvgIpc) is 2.96. The number of benzene rings is 2. The second-order valence-electron chi connectivity index (χ2n) is 6.23. The first-order valence-corrected chi connectivity index (χ1v) is 8.96. The van der Waals surface area contributed by atoms with Crippen molar-refractivity contribution in [2.75, 3.05) is 12.4 Å². The standard InChI is InChI=1S/C20H21ClN2O3/c1-3-6-17(23-12-13-7-4-5-8-15(13)20(23)25)19(24)22-16-11-14(21)9-10-18(16)26-2/h4-5,7-11,17H,3,6,12H2,1-2H3,(H,22,24)/t17-/m1/s1. The number of nitrogens with one attached hydrogen (secondary N) is 1. The maximum Gasteiger partial charge on any atom is 0.255 e. The molecule has 6 heteroatoms. The molecule has 0 aromatic heterocycles. The summed E-state index contributed by atoms with van der Waals surface area (Å²) in [4.78, 5) is 27.3. The summed E-state index contributed by atoms with van der Waals surface area (Å²) >= 11 is 6.04. The molecule has 2 aromatic rings. The smallest absolute Gasteiger partial charge is 0.255 e. The summed E-state index contributed by atoms with van der Waals surface area (Å²) in [6.07, 6.45) is 1.36. The van der Waals surface area contributed by atoms with Crippen molar-refractivity contribution in [3.63, 3.8) is 0 Å². The number of carbonyl (C=O) groups is 2. The Morgan fingerprint density at radius 3 is 2.77 bits per heavy atom. The molecule has 0 saturated carbocycles. The van der Waals surface area contributed by atoms with Crippen LogP contribution in [-0.2, 0) is 11.3 Å². The molecule has 5 nitrogen and oxygen atoms in total. The Morgan fingerprint density at radius 1 is 1.31 bits per heavy atom. The number of halogens is 1. The lowest BCUT2D eigenvalue weighted by Crippen LogP contribution is -2.44. The molecule has 0 aliphatic carbocycles. The summed E-state index contributed by atoms with van der Waals surface area (Å²) < 4.78 is 5.28. The zero-order chi connectivity index (χ0) is 18.7. The van der Waals surface area contributed by atoms with Gasteiger partial charge in [-0.05, 0) is 36.2 Å². The van der Waals surface area contributed by atoms with E-state index in [2.05, 4.69) is 5.32 Å². The van der Waals surface area contributed by atoms with Crippen molar-refractivity contribution in [1.82, 2.24) is 4.90 Å². The van der Waals surface area contributed by atoms with Crippen LogP contribution in [0, 0.1) is 0 Å². The van der Waals surface area contributed by atoms with Gasteiger partial charge in [-0.15, -0.1) is 0 Å². The number of hydrogen-bond donors (Lipinski definition) is 1. The molecule has 136 valence electrons. The predicted molar refractivity (Wildman–Crippen MR) is 102 cm³/mol. The summed E-state index contributed by atoms with van der Waals surface area (Å²) in [5, 5.41) is 3.37. The van der Waals surface area contributed by atoms with E-state index in [-0.39, 0.29) is 11.8 Å². The van der Waals surface area contributed by atoms with Crippen LogP contribution in [0.1, 0.15) is 35.7 Å². The van der Waals surface area contributed by atoms with E-state index in [1.54, 1.807) is 29.2 Å². The van der Waals surface area contributed by atoms with Gasteiger partial charge in [0.25, 0.3) is 5.91 Å². The molecule has 26 heavy (non-hydrogen) atoms. The molecule has 1 aliphatic heterocycles. The number of nitrogens with zero attached hydrogens (tertiary/aromatic N) is 1. The summed E-state index contributed by atoms with van der Waals surface area (Å²) in [5.74, 6) is 0.176. The second-order valence-corrected chi connectivity index (χ2v) is 6.66. The number of amides is 2. The molecule has 1 heterocycles. The number of anilines is 1. The molecule has 0 fully saturated rings. The number of fused-ring (bicyclic) bond motifs is 1. The van der Waals surface area contributed by atoms with Gasteiger partial charge in [0.05, 0.1) is 12.8 Å². The minimum atomic E-state index is -0.552. The van der Waals surface area contributed by atoms with Gasteiger partial charge < -0.3 is 15.0 Å². The number of rotatable bonds is 6. The van der Waals surface area contributed by atoms with Gasteiger partial charge in [-0.1, -0.05) is 43.1 Å². The summed E-state index contributed by atoms with van der Waals surface area (Å²) in [6, 6.07) is 12.0. The minimum absolute atomic E-state index is 0.104. The van der Waals surface area contributed by atoms with Crippen LogP contribution in [0.15, 0.2) is 42.5 Å². The largest absolute Gasteiger partial charge is 0.495 e. The average molecular weight is 373 g/mol. The van der Waals surface area contributed by atoms with Gasteiger partial charge in [-0.25, -0.2) is 0 Å². The SMILES string of the molecule is CCC[C@H](C(=O)Nc1cc(Cl)ccc1OC)N1Cc2ccccc2C1=O.